The van der Waals surface area contributed by atoms with E-state index in [0.29, 0.717) is 37.4 Å². The van der Waals surface area contributed by atoms with Gasteiger partial charge in [-0.25, -0.2) is 9.07 Å². The second-order valence-electron chi connectivity index (χ2n) is 8.25. The van der Waals surface area contributed by atoms with E-state index < -0.39 is 0 Å². The molecule has 0 saturated carbocycles. The maximum absolute atomic E-state index is 13.4. The second kappa shape index (κ2) is 9.05. The van der Waals surface area contributed by atoms with Crippen molar-refractivity contribution in [2.75, 3.05) is 45.8 Å². The SMILES string of the molecule is Cc1cc(F)ccc1-n1cc(O)c(C(=O)N2CCCN(CC(=O)N3CCCC3)CC2)n1. The fourth-order valence-electron chi connectivity index (χ4n) is 4.26. The Balaban J connectivity index is 1.41. The average Bonchev–Trinajstić information content (AvgIpc) is 3.34. The molecule has 1 aromatic heterocycles. The van der Waals surface area contributed by atoms with Crippen molar-refractivity contribution in [3.05, 3.63) is 41.5 Å². The van der Waals surface area contributed by atoms with Crippen molar-refractivity contribution in [3.8, 4) is 11.4 Å². The highest BCUT2D eigenvalue weighted by molar-refractivity contribution is 5.95. The summed E-state index contributed by atoms with van der Waals surface area (Å²) < 4.78 is 14.8. The van der Waals surface area contributed by atoms with Gasteiger partial charge in [0.05, 0.1) is 18.4 Å². The van der Waals surface area contributed by atoms with Gasteiger partial charge >= 0.3 is 0 Å². The molecule has 3 heterocycles. The highest BCUT2D eigenvalue weighted by Gasteiger charge is 2.27. The number of nitrogens with zero attached hydrogens (tertiary/aromatic N) is 5. The van der Waals surface area contributed by atoms with E-state index in [0.717, 1.165) is 38.9 Å². The van der Waals surface area contributed by atoms with E-state index in [9.17, 15) is 19.1 Å². The van der Waals surface area contributed by atoms with E-state index in [4.69, 9.17) is 0 Å². The Labute approximate surface area is 180 Å². The minimum Gasteiger partial charge on any atom is -0.504 e. The lowest BCUT2D eigenvalue weighted by molar-refractivity contribution is -0.131. The Morgan fingerprint density at radius 3 is 2.52 bits per heavy atom. The molecule has 2 aliphatic heterocycles. The number of hydrogen-bond donors (Lipinski definition) is 1. The minimum atomic E-state index is -0.355. The van der Waals surface area contributed by atoms with Crippen molar-refractivity contribution in [2.45, 2.75) is 26.2 Å². The zero-order valence-electron chi connectivity index (χ0n) is 17.8. The topological polar surface area (TPSA) is 81.9 Å². The van der Waals surface area contributed by atoms with Gasteiger partial charge in [0.1, 0.15) is 5.82 Å². The lowest BCUT2D eigenvalue weighted by atomic mass is 10.2. The molecule has 2 saturated heterocycles. The van der Waals surface area contributed by atoms with Crippen molar-refractivity contribution in [3.63, 3.8) is 0 Å². The number of benzene rings is 1. The number of aromatic nitrogens is 2. The first kappa shape index (κ1) is 21.3. The quantitative estimate of drug-likeness (QED) is 0.802. The predicted molar refractivity (Wildman–Crippen MR) is 113 cm³/mol. The third-order valence-corrected chi connectivity index (χ3v) is 6.00. The monoisotopic (exact) mass is 429 g/mol. The number of aryl methyl sites for hydroxylation is 1. The number of likely N-dealkylation sites (tertiary alicyclic amines) is 1. The molecule has 8 nitrogen and oxygen atoms in total. The first-order valence-electron chi connectivity index (χ1n) is 10.8. The Bertz CT molecular complexity index is 970. The van der Waals surface area contributed by atoms with Crippen molar-refractivity contribution in [2.24, 2.45) is 0 Å². The van der Waals surface area contributed by atoms with Crippen LogP contribution in [0, 0.1) is 12.7 Å². The summed E-state index contributed by atoms with van der Waals surface area (Å²) >= 11 is 0. The molecule has 1 N–H and O–H groups in total. The number of aromatic hydroxyl groups is 1. The Hall–Kier alpha value is -2.94. The zero-order chi connectivity index (χ0) is 22.0. The molecule has 9 heteroatoms. The van der Waals surface area contributed by atoms with Crippen molar-refractivity contribution >= 4 is 11.8 Å². The van der Waals surface area contributed by atoms with Crippen LogP contribution < -0.4 is 0 Å². The molecular formula is C22H28FN5O3. The summed E-state index contributed by atoms with van der Waals surface area (Å²) in [4.78, 5) is 31.1. The molecule has 0 bridgehead atoms. The molecule has 0 spiro atoms. The molecule has 4 rings (SSSR count). The summed E-state index contributed by atoms with van der Waals surface area (Å²) in [5, 5.41) is 14.6. The summed E-state index contributed by atoms with van der Waals surface area (Å²) in [6.45, 7) is 6.15. The van der Waals surface area contributed by atoms with Gasteiger partial charge in [0.2, 0.25) is 5.91 Å². The highest BCUT2D eigenvalue weighted by Crippen LogP contribution is 2.23. The van der Waals surface area contributed by atoms with Gasteiger partial charge in [-0.1, -0.05) is 0 Å². The van der Waals surface area contributed by atoms with Crippen LogP contribution in [0.2, 0.25) is 0 Å². The number of halogens is 1. The van der Waals surface area contributed by atoms with E-state index in [1.54, 1.807) is 17.9 Å². The molecule has 0 atom stereocenters. The van der Waals surface area contributed by atoms with E-state index >= 15 is 0 Å². The van der Waals surface area contributed by atoms with Crippen LogP contribution in [0.5, 0.6) is 5.75 Å². The van der Waals surface area contributed by atoms with Gasteiger partial charge in [0.15, 0.2) is 11.4 Å². The van der Waals surface area contributed by atoms with Crippen molar-refractivity contribution in [1.82, 2.24) is 24.5 Å². The van der Waals surface area contributed by atoms with Gasteiger partial charge in [0.25, 0.3) is 5.91 Å². The van der Waals surface area contributed by atoms with Crippen LogP contribution in [0.15, 0.2) is 24.4 Å². The number of carbonyl (C=O) groups is 2. The van der Waals surface area contributed by atoms with E-state index in [2.05, 4.69) is 10.00 Å². The molecular weight excluding hydrogens is 401 g/mol. The molecule has 31 heavy (non-hydrogen) atoms. The third-order valence-electron chi connectivity index (χ3n) is 6.00. The molecule has 0 radical (unpaired) electrons. The maximum atomic E-state index is 13.4. The molecule has 166 valence electrons. The Morgan fingerprint density at radius 2 is 1.77 bits per heavy atom. The first-order chi connectivity index (χ1) is 14.9. The minimum absolute atomic E-state index is 0.0229. The van der Waals surface area contributed by atoms with Gasteiger partial charge < -0.3 is 14.9 Å². The van der Waals surface area contributed by atoms with E-state index in [-0.39, 0.29) is 29.1 Å². The molecule has 2 amide bonds. The van der Waals surface area contributed by atoms with Crippen LogP contribution in [0.25, 0.3) is 5.69 Å². The second-order valence-corrected chi connectivity index (χ2v) is 8.25. The van der Waals surface area contributed by atoms with Gasteiger partial charge in [0, 0.05) is 39.3 Å². The standard InChI is InChI=1S/C22H28FN5O3/c1-16-13-17(23)5-6-18(16)28-14-19(29)21(24-28)22(31)27-10-4-7-25(11-12-27)15-20(30)26-8-2-3-9-26/h5-6,13-14,29H,2-4,7-12,15H2,1H3. The highest BCUT2D eigenvalue weighted by atomic mass is 19.1. The fourth-order valence-corrected chi connectivity index (χ4v) is 4.26. The Kier molecular flexibility index (Phi) is 6.22. The zero-order valence-corrected chi connectivity index (χ0v) is 17.8. The van der Waals surface area contributed by atoms with E-state index in [1.807, 2.05) is 4.90 Å². The van der Waals surface area contributed by atoms with Crippen LogP contribution in [0.3, 0.4) is 0 Å². The van der Waals surface area contributed by atoms with Crippen LogP contribution in [-0.2, 0) is 4.79 Å². The largest absolute Gasteiger partial charge is 0.504 e. The van der Waals surface area contributed by atoms with Gasteiger partial charge in [-0.3, -0.25) is 14.5 Å². The summed E-state index contributed by atoms with van der Waals surface area (Å²) in [5.41, 5.74) is 1.22. The molecule has 0 unspecified atom stereocenters. The maximum Gasteiger partial charge on any atom is 0.278 e. The fraction of sp³-hybridized carbons (Fsp3) is 0.500. The number of hydrogen-bond acceptors (Lipinski definition) is 5. The lowest BCUT2D eigenvalue weighted by Gasteiger charge is -2.23. The number of rotatable bonds is 4. The summed E-state index contributed by atoms with van der Waals surface area (Å²) in [6.07, 6.45) is 4.26. The van der Waals surface area contributed by atoms with Crippen molar-refractivity contribution < 1.29 is 19.1 Å². The van der Waals surface area contributed by atoms with Crippen LogP contribution in [-0.4, -0.2) is 87.2 Å². The van der Waals surface area contributed by atoms with Gasteiger partial charge in [-0.05, 0) is 49.9 Å². The summed E-state index contributed by atoms with van der Waals surface area (Å²) in [7, 11) is 0. The number of amides is 2. The Morgan fingerprint density at radius 1 is 1.03 bits per heavy atom. The van der Waals surface area contributed by atoms with Gasteiger partial charge in [-0.15, -0.1) is 0 Å². The van der Waals surface area contributed by atoms with Crippen molar-refractivity contribution in [1.29, 1.82) is 0 Å². The van der Waals surface area contributed by atoms with Crippen LogP contribution in [0.4, 0.5) is 4.39 Å². The molecule has 0 aliphatic carbocycles. The van der Waals surface area contributed by atoms with Crippen LogP contribution in [0.1, 0.15) is 35.3 Å². The predicted octanol–water partition coefficient (Wildman–Crippen LogP) is 1.80. The average molecular weight is 429 g/mol. The molecule has 2 aromatic rings. The number of carbonyl (C=O) groups excluding carboxylic acids is 2. The lowest BCUT2D eigenvalue weighted by Crippen LogP contribution is -2.41. The molecule has 1 aromatic carbocycles. The van der Waals surface area contributed by atoms with E-state index in [1.165, 1.54) is 23.0 Å². The summed E-state index contributed by atoms with van der Waals surface area (Å²) in [5.74, 6) is -0.752. The molecule has 2 aliphatic rings. The third kappa shape index (κ3) is 4.71. The first-order valence-corrected chi connectivity index (χ1v) is 10.8. The smallest absolute Gasteiger partial charge is 0.278 e. The van der Waals surface area contributed by atoms with Crippen LogP contribution >= 0.6 is 0 Å². The van der Waals surface area contributed by atoms with Gasteiger partial charge in [-0.2, -0.15) is 5.10 Å². The molecule has 2 fully saturated rings. The normalized spacial score (nSPS) is 17.7. The summed E-state index contributed by atoms with van der Waals surface area (Å²) in [6, 6.07) is 4.25.